The van der Waals surface area contributed by atoms with Gasteiger partial charge in [-0.05, 0) is 42.8 Å². The molecule has 0 unspecified atom stereocenters. The second-order valence-corrected chi connectivity index (χ2v) is 5.25. The molecule has 0 aliphatic carbocycles. The van der Waals surface area contributed by atoms with Crippen molar-refractivity contribution in [2.75, 3.05) is 11.6 Å². The zero-order valence-corrected chi connectivity index (χ0v) is 13.7. The molecule has 0 atom stereocenters. The summed E-state index contributed by atoms with van der Waals surface area (Å²) < 4.78 is 5.11. The van der Waals surface area contributed by atoms with Gasteiger partial charge in [-0.3, -0.25) is 0 Å². The number of benzene rings is 2. The molecule has 7 nitrogen and oxygen atoms in total. The summed E-state index contributed by atoms with van der Waals surface area (Å²) in [6, 6.07) is 12.1. The summed E-state index contributed by atoms with van der Waals surface area (Å²) in [5, 5.41) is 13.1. The number of nitroso groups, excluding NO2 is 1. The molecule has 0 bridgehead atoms. The lowest BCUT2D eigenvalue weighted by Gasteiger charge is -2.17. The molecule has 0 spiro atoms. The van der Waals surface area contributed by atoms with E-state index < -0.39 is 11.9 Å². The Hall–Kier alpha value is -3.22. The monoisotopic (exact) mass is 342 g/mol. The zero-order chi connectivity index (χ0) is 18.2. The van der Waals surface area contributed by atoms with E-state index in [0.717, 1.165) is 17.9 Å². The highest BCUT2D eigenvalue weighted by molar-refractivity contribution is 5.95. The lowest BCUT2D eigenvalue weighted by molar-refractivity contribution is 0.0499. The molecule has 7 heteroatoms. The molecule has 0 heterocycles. The van der Waals surface area contributed by atoms with E-state index >= 15 is 0 Å². The van der Waals surface area contributed by atoms with Crippen LogP contribution in [0.3, 0.4) is 0 Å². The molecule has 2 aromatic rings. The van der Waals surface area contributed by atoms with E-state index in [-0.39, 0.29) is 11.3 Å². The lowest BCUT2D eigenvalue weighted by Crippen LogP contribution is -2.13. The molecule has 2 aromatic carbocycles. The van der Waals surface area contributed by atoms with Crippen molar-refractivity contribution in [1.29, 1.82) is 0 Å². The molecule has 0 radical (unpaired) electrons. The van der Waals surface area contributed by atoms with Crippen LogP contribution in [0.1, 0.15) is 40.5 Å². The summed E-state index contributed by atoms with van der Waals surface area (Å²) in [6.45, 7) is 2.35. The summed E-state index contributed by atoms with van der Waals surface area (Å²) >= 11 is 0. The first-order valence-electron chi connectivity index (χ1n) is 7.81. The second-order valence-electron chi connectivity index (χ2n) is 5.25. The molecule has 130 valence electrons. The van der Waals surface area contributed by atoms with Crippen molar-refractivity contribution in [2.45, 2.75) is 19.8 Å². The lowest BCUT2D eigenvalue weighted by atomic mass is 10.1. The van der Waals surface area contributed by atoms with Gasteiger partial charge < -0.3 is 9.84 Å². The van der Waals surface area contributed by atoms with Crippen molar-refractivity contribution < 1.29 is 19.4 Å². The minimum absolute atomic E-state index is 0.0508. The highest BCUT2D eigenvalue weighted by Gasteiger charge is 2.18. The number of ether oxygens (including phenoxy) is 1. The number of hydrogen-bond acceptors (Lipinski definition) is 5. The van der Waals surface area contributed by atoms with Crippen LogP contribution >= 0.6 is 0 Å². The molecular weight excluding hydrogens is 324 g/mol. The van der Waals surface area contributed by atoms with E-state index in [1.54, 1.807) is 12.1 Å². The number of carbonyl (C=O) groups excluding carboxylic acids is 1. The Morgan fingerprint density at radius 2 is 1.80 bits per heavy atom. The number of hydrogen-bond donors (Lipinski definition) is 1. The number of carboxylic acids is 1. The predicted molar refractivity (Wildman–Crippen MR) is 93.0 cm³/mol. The van der Waals surface area contributed by atoms with Gasteiger partial charge in [0, 0.05) is 0 Å². The number of unbranched alkanes of at least 4 members (excludes halogenated alkanes) is 1. The van der Waals surface area contributed by atoms with Crippen molar-refractivity contribution in [3.63, 3.8) is 0 Å². The third-order valence-corrected chi connectivity index (χ3v) is 3.52. The highest BCUT2D eigenvalue weighted by Crippen LogP contribution is 2.29. The van der Waals surface area contributed by atoms with Gasteiger partial charge in [0.15, 0.2) is 0 Å². The van der Waals surface area contributed by atoms with Crippen molar-refractivity contribution in [1.82, 2.24) is 0 Å². The number of anilines is 2. The normalized spacial score (nSPS) is 10.1. The van der Waals surface area contributed by atoms with Crippen molar-refractivity contribution >= 4 is 23.3 Å². The third-order valence-electron chi connectivity index (χ3n) is 3.52. The maximum absolute atomic E-state index is 11.9. The van der Waals surface area contributed by atoms with Gasteiger partial charge in [-0.15, -0.1) is 4.91 Å². The summed E-state index contributed by atoms with van der Waals surface area (Å²) in [6.07, 6.45) is 1.72. The molecule has 0 fully saturated rings. The molecular formula is C18H18N2O5. The number of carbonyl (C=O) groups is 2. The first-order valence-corrected chi connectivity index (χ1v) is 7.81. The summed E-state index contributed by atoms with van der Waals surface area (Å²) in [7, 11) is 0. The average Bonchev–Trinajstić information content (AvgIpc) is 2.63. The van der Waals surface area contributed by atoms with E-state index in [4.69, 9.17) is 4.74 Å². The number of nitrogens with zero attached hydrogens (tertiary/aromatic N) is 2. The number of carboxylic acid groups (broad SMARTS) is 1. The SMILES string of the molecule is CCCCOC(=O)c1ccc(N(N=O)c2ccccc2C(=O)O)cc1. The van der Waals surface area contributed by atoms with Gasteiger partial charge in [-0.2, -0.15) is 5.01 Å². The van der Waals surface area contributed by atoms with Crippen LogP contribution in [-0.2, 0) is 4.74 Å². The van der Waals surface area contributed by atoms with Crippen LogP contribution in [0.5, 0.6) is 0 Å². The molecule has 25 heavy (non-hydrogen) atoms. The Kier molecular flexibility index (Phi) is 6.22. The van der Waals surface area contributed by atoms with E-state index in [9.17, 15) is 19.6 Å². The van der Waals surface area contributed by atoms with E-state index in [1.165, 1.54) is 36.4 Å². The first kappa shape index (κ1) is 18.1. The topological polar surface area (TPSA) is 96.3 Å². The Bertz CT molecular complexity index is 758. The van der Waals surface area contributed by atoms with E-state index in [1.807, 2.05) is 6.92 Å². The molecule has 2 rings (SSSR count). The van der Waals surface area contributed by atoms with Crippen molar-refractivity contribution in [3.8, 4) is 0 Å². The molecule has 0 aliphatic heterocycles. The smallest absolute Gasteiger partial charge is 0.338 e. The van der Waals surface area contributed by atoms with Gasteiger partial charge in [0.1, 0.15) is 0 Å². The molecule has 0 aliphatic rings. The third kappa shape index (κ3) is 4.41. The number of para-hydroxylation sites is 1. The van der Waals surface area contributed by atoms with Gasteiger partial charge in [-0.1, -0.05) is 25.5 Å². The Labute approximate surface area is 144 Å². The first-order chi connectivity index (χ1) is 12.1. The van der Waals surface area contributed by atoms with Crippen molar-refractivity contribution in [2.24, 2.45) is 5.29 Å². The number of esters is 1. The van der Waals surface area contributed by atoms with Crippen molar-refractivity contribution in [3.05, 3.63) is 64.6 Å². The van der Waals surface area contributed by atoms with Gasteiger partial charge in [0.2, 0.25) is 0 Å². The Balaban J connectivity index is 2.24. The average molecular weight is 342 g/mol. The van der Waals surface area contributed by atoms with E-state index in [2.05, 4.69) is 5.29 Å². The second kappa shape index (κ2) is 8.58. The van der Waals surface area contributed by atoms with Gasteiger partial charge in [0.05, 0.1) is 34.4 Å². The summed E-state index contributed by atoms with van der Waals surface area (Å²) in [4.78, 5) is 34.5. The number of rotatable bonds is 8. The fourth-order valence-electron chi connectivity index (χ4n) is 2.20. The predicted octanol–water partition coefficient (Wildman–Crippen LogP) is 4.16. The van der Waals surface area contributed by atoms with Crippen LogP contribution in [0.25, 0.3) is 0 Å². The Morgan fingerprint density at radius 1 is 1.12 bits per heavy atom. The highest BCUT2D eigenvalue weighted by atomic mass is 16.5. The maximum atomic E-state index is 11.9. The zero-order valence-electron chi connectivity index (χ0n) is 13.7. The summed E-state index contributed by atoms with van der Waals surface area (Å²) in [5.74, 6) is -1.61. The molecule has 0 amide bonds. The molecule has 0 saturated carbocycles. The summed E-state index contributed by atoms with van der Waals surface area (Å²) in [5.41, 5.74) is 0.777. The quantitative estimate of drug-likeness (QED) is 0.335. The minimum atomic E-state index is -1.17. The fourth-order valence-corrected chi connectivity index (χ4v) is 2.20. The van der Waals surface area contributed by atoms with Crippen LogP contribution in [0, 0.1) is 4.91 Å². The molecule has 1 N–H and O–H groups in total. The van der Waals surface area contributed by atoms with Gasteiger partial charge in [-0.25, -0.2) is 9.59 Å². The standard InChI is InChI=1S/C18H18N2O5/c1-2-3-12-25-18(23)13-8-10-14(11-9-13)20(19-24)16-7-5-4-6-15(16)17(21)22/h4-11H,2-3,12H2,1H3,(H,21,22). The van der Waals surface area contributed by atoms with Gasteiger partial charge >= 0.3 is 11.9 Å². The van der Waals surface area contributed by atoms with Crippen LogP contribution in [0.4, 0.5) is 11.4 Å². The molecule has 0 aromatic heterocycles. The Morgan fingerprint density at radius 3 is 2.40 bits per heavy atom. The minimum Gasteiger partial charge on any atom is -0.478 e. The van der Waals surface area contributed by atoms with Crippen LogP contribution in [-0.4, -0.2) is 23.7 Å². The van der Waals surface area contributed by atoms with E-state index in [0.29, 0.717) is 17.9 Å². The number of aromatic carboxylic acids is 1. The maximum Gasteiger partial charge on any atom is 0.338 e. The fraction of sp³-hybridized carbons (Fsp3) is 0.222. The van der Waals surface area contributed by atoms with Gasteiger partial charge in [0.25, 0.3) is 0 Å². The van der Waals surface area contributed by atoms with Crippen LogP contribution in [0.2, 0.25) is 0 Å². The van der Waals surface area contributed by atoms with Crippen LogP contribution < -0.4 is 5.01 Å². The molecule has 0 saturated heterocycles. The van der Waals surface area contributed by atoms with Crippen LogP contribution in [0.15, 0.2) is 53.8 Å². The largest absolute Gasteiger partial charge is 0.478 e.